The molecule has 0 amide bonds. The van der Waals surface area contributed by atoms with E-state index in [1.54, 1.807) is 0 Å². The van der Waals surface area contributed by atoms with E-state index in [0.717, 1.165) is 64.2 Å². The third-order valence-corrected chi connectivity index (χ3v) is 17.7. The van der Waals surface area contributed by atoms with Crippen LogP contribution in [0.25, 0.3) is 0 Å². The largest absolute Gasteiger partial charge is 0.545 e. The number of hydrogen-bond donors (Lipinski definition) is 0. The highest BCUT2D eigenvalue weighted by atomic mass is 16.7. The van der Waals surface area contributed by atoms with Crippen molar-refractivity contribution in [1.29, 1.82) is 0 Å². The smallest absolute Gasteiger partial charge is 0.306 e. The van der Waals surface area contributed by atoms with Crippen molar-refractivity contribution in [3.63, 3.8) is 0 Å². The lowest BCUT2D eigenvalue weighted by molar-refractivity contribution is -0.870. The molecule has 2 atom stereocenters. The molecule has 9 heteroatoms. The Morgan fingerprint density at radius 2 is 0.626 bits per heavy atom. The molecular weight excluding hydrogens is 1130 g/mol. The molecule has 91 heavy (non-hydrogen) atoms. The Morgan fingerprint density at radius 1 is 0.341 bits per heavy atom. The van der Waals surface area contributed by atoms with Crippen molar-refractivity contribution in [2.45, 2.75) is 399 Å². The van der Waals surface area contributed by atoms with Gasteiger partial charge in [0.1, 0.15) is 13.2 Å². The number of carbonyl (C=O) groups excluding carboxylic acids is 3. The van der Waals surface area contributed by atoms with Crippen molar-refractivity contribution in [3.8, 4) is 0 Å². The number of carbonyl (C=O) groups is 3. The number of esters is 2. The van der Waals surface area contributed by atoms with E-state index in [4.69, 9.17) is 18.9 Å². The van der Waals surface area contributed by atoms with E-state index in [2.05, 4.69) is 74.6 Å². The van der Waals surface area contributed by atoms with Crippen molar-refractivity contribution >= 4 is 17.9 Å². The summed E-state index contributed by atoms with van der Waals surface area (Å²) in [4.78, 5) is 37.6. The van der Waals surface area contributed by atoms with Gasteiger partial charge in [-0.05, 0) is 77.0 Å². The summed E-state index contributed by atoms with van der Waals surface area (Å²) in [6.45, 7) is 4.70. The Morgan fingerprint density at radius 3 is 0.945 bits per heavy atom. The third kappa shape index (κ3) is 74.3. The highest BCUT2D eigenvalue weighted by Gasteiger charge is 2.22. The van der Waals surface area contributed by atoms with Crippen molar-refractivity contribution in [1.82, 2.24) is 0 Å². The number of quaternary nitrogens is 1. The number of aliphatic carboxylic acids is 1. The maximum atomic E-state index is 13.0. The minimum absolute atomic E-state index is 0.150. The van der Waals surface area contributed by atoms with Crippen LogP contribution in [0, 0.1) is 0 Å². The van der Waals surface area contributed by atoms with Crippen molar-refractivity contribution in [2.24, 2.45) is 0 Å². The molecule has 2 unspecified atom stereocenters. The van der Waals surface area contributed by atoms with Crippen LogP contribution in [-0.4, -0.2) is 82.3 Å². The molecule has 0 saturated carbocycles. The Bertz CT molecular complexity index is 1680. The number of rotatable bonds is 74. The van der Waals surface area contributed by atoms with Gasteiger partial charge < -0.3 is 33.3 Å². The zero-order valence-electron chi connectivity index (χ0n) is 61.0. The summed E-state index contributed by atoms with van der Waals surface area (Å²) < 4.78 is 22.9. The van der Waals surface area contributed by atoms with E-state index in [9.17, 15) is 19.5 Å². The Labute approximate surface area is 565 Å². The van der Waals surface area contributed by atoms with Crippen LogP contribution in [0.3, 0.4) is 0 Å². The number of carboxylic acids is 1. The molecule has 0 aromatic carbocycles. The predicted octanol–water partition coefficient (Wildman–Crippen LogP) is 23.7. The number of carboxylic acid groups (broad SMARTS) is 1. The topological polar surface area (TPSA) is 111 Å². The first-order valence-corrected chi connectivity index (χ1v) is 39.4. The summed E-state index contributed by atoms with van der Waals surface area (Å²) in [5.74, 6) is -2.25. The normalized spacial score (nSPS) is 12.9. The molecule has 0 fully saturated rings. The van der Waals surface area contributed by atoms with Gasteiger partial charge >= 0.3 is 11.9 Å². The van der Waals surface area contributed by atoms with Gasteiger partial charge in [-0.15, -0.1) is 0 Å². The van der Waals surface area contributed by atoms with E-state index >= 15 is 0 Å². The van der Waals surface area contributed by atoms with Crippen molar-refractivity contribution in [2.75, 3.05) is 47.5 Å². The molecule has 532 valence electrons. The van der Waals surface area contributed by atoms with Gasteiger partial charge in [0.25, 0.3) is 0 Å². The molecule has 0 aliphatic heterocycles. The summed E-state index contributed by atoms with van der Waals surface area (Å²) in [5, 5.41) is 11.9. The lowest BCUT2D eigenvalue weighted by atomic mass is 10.0. The Balaban J connectivity index is 3.98. The van der Waals surface area contributed by atoms with E-state index in [1.165, 1.54) is 295 Å². The van der Waals surface area contributed by atoms with Crippen molar-refractivity contribution < 1.29 is 42.9 Å². The minimum Gasteiger partial charge on any atom is -0.545 e. The van der Waals surface area contributed by atoms with Gasteiger partial charge in [-0.1, -0.05) is 357 Å². The lowest BCUT2D eigenvalue weighted by Gasteiger charge is -2.26. The molecule has 0 N–H and O–H groups in total. The molecular formula is C82H151NO8. The quantitative estimate of drug-likeness (QED) is 0.0195. The third-order valence-electron chi connectivity index (χ3n) is 17.7. The molecule has 9 nitrogen and oxygen atoms in total. The molecule has 0 rings (SSSR count). The average Bonchev–Trinajstić information content (AvgIpc) is 3.50. The maximum Gasteiger partial charge on any atom is 0.306 e. The Kier molecular flexibility index (Phi) is 70.4. The number of hydrogen-bond acceptors (Lipinski definition) is 8. The highest BCUT2D eigenvalue weighted by Crippen LogP contribution is 2.19. The van der Waals surface area contributed by atoms with Crippen LogP contribution in [0.2, 0.25) is 0 Å². The second-order valence-electron chi connectivity index (χ2n) is 28.0. The van der Waals surface area contributed by atoms with E-state index in [-0.39, 0.29) is 32.2 Å². The average molecular weight is 1280 g/mol. The summed E-state index contributed by atoms with van der Waals surface area (Å²) in [6, 6.07) is 0. The fraction of sp³-hybridized carbons (Fsp3) is 0.841. The van der Waals surface area contributed by atoms with Crippen molar-refractivity contribution in [3.05, 3.63) is 60.8 Å². The lowest BCUT2D eigenvalue weighted by Crippen LogP contribution is -2.44. The zero-order chi connectivity index (χ0) is 66.1. The van der Waals surface area contributed by atoms with Gasteiger partial charge in [0.05, 0.1) is 40.3 Å². The second-order valence-corrected chi connectivity index (χ2v) is 28.0. The molecule has 0 bridgehead atoms. The summed E-state index contributed by atoms with van der Waals surface area (Å²) in [6.07, 6.45) is 93.4. The fourth-order valence-corrected chi connectivity index (χ4v) is 11.8. The van der Waals surface area contributed by atoms with Crippen LogP contribution in [-0.2, 0) is 33.3 Å². The fourth-order valence-electron chi connectivity index (χ4n) is 11.8. The molecule has 0 heterocycles. The molecule has 0 saturated heterocycles. The summed E-state index contributed by atoms with van der Waals surface area (Å²) in [7, 11) is 5.95. The first-order chi connectivity index (χ1) is 44.6. The number of unbranched alkanes of at least 4 members (excludes halogenated alkanes) is 49. The van der Waals surface area contributed by atoms with Crippen LogP contribution in [0.15, 0.2) is 60.8 Å². The molecule has 0 spiro atoms. The number of likely N-dealkylation sites (N-methyl/N-ethyl adjacent to an activating group) is 1. The van der Waals surface area contributed by atoms with Gasteiger partial charge in [0, 0.05) is 12.8 Å². The van der Waals surface area contributed by atoms with Gasteiger partial charge in [0.2, 0.25) is 0 Å². The predicted molar refractivity (Wildman–Crippen MR) is 389 cm³/mol. The van der Waals surface area contributed by atoms with Crippen LogP contribution in [0.1, 0.15) is 386 Å². The monoisotopic (exact) mass is 1280 g/mol. The van der Waals surface area contributed by atoms with Crippen LogP contribution < -0.4 is 5.11 Å². The van der Waals surface area contributed by atoms with E-state index < -0.39 is 24.3 Å². The standard InChI is InChI=1S/C82H151NO8/c1-6-8-10-12-14-16-18-20-22-24-26-28-30-32-34-36-37-38-39-40-41-42-43-45-47-49-51-53-55-57-59-61-63-65-67-69-71-73-80(85)91-78(77-90-82(81(86)87)88-75-74-83(3,4)5)76-89-79(84)72-70-68-66-64-62-60-58-56-54-52-50-48-46-44-35-33-31-29-27-25-23-21-19-17-15-13-11-9-7-2/h8,10,14,16,20,22,25-28,78,82H,6-7,9,11-13,15,17-19,21,23-24,29-77H2,1-5H3/b10-8-,16-14-,22-20-,27-25-,28-26-. The van der Waals surface area contributed by atoms with Crippen LogP contribution in [0.4, 0.5) is 0 Å². The number of ether oxygens (including phenoxy) is 4. The number of nitrogens with zero attached hydrogens (tertiary/aromatic N) is 1. The SMILES string of the molecule is CC/C=C\C/C=C\C/C=C\C/C=C\CCCCCCCCCCCCCCCCCCCCCCCCCCC(=O)OC(COC(=O)CCCCCCCCCCCCCCCCCCC/C=C\CCCCCCCCCC)COC(OCC[N+](C)(C)C)C(=O)[O-]. The van der Waals surface area contributed by atoms with E-state index in [1.807, 2.05) is 21.1 Å². The van der Waals surface area contributed by atoms with Gasteiger partial charge in [0.15, 0.2) is 12.4 Å². The van der Waals surface area contributed by atoms with Gasteiger partial charge in [-0.2, -0.15) is 0 Å². The highest BCUT2D eigenvalue weighted by molar-refractivity contribution is 5.70. The molecule has 0 aliphatic carbocycles. The Hall–Kier alpha value is -3.01. The van der Waals surface area contributed by atoms with E-state index in [0.29, 0.717) is 17.4 Å². The molecule has 0 aromatic rings. The molecule has 0 radical (unpaired) electrons. The number of allylic oxidation sites excluding steroid dienone is 10. The van der Waals surface area contributed by atoms with Crippen LogP contribution >= 0.6 is 0 Å². The molecule has 0 aliphatic rings. The minimum atomic E-state index is -1.62. The summed E-state index contributed by atoms with van der Waals surface area (Å²) in [5.41, 5.74) is 0. The van der Waals surface area contributed by atoms with Crippen LogP contribution in [0.5, 0.6) is 0 Å². The first kappa shape index (κ1) is 88.0. The summed E-state index contributed by atoms with van der Waals surface area (Å²) >= 11 is 0. The second kappa shape index (κ2) is 72.8. The maximum absolute atomic E-state index is 13.0. The first-order valence-electron chi connectivity index (χ1n) is 39.4. The van der Waals surface area contributed by atoms with Gasteiger partial charge in [-0.3, -0.25) is 9.59 Å². The molecule has 0 aromatic heterocycles. The van der Waals surface area contributed by atoms with Gasteiger partial charge in [-0.25, -0.2) is 0 Å². The zero-order valence-corrected chi connectivity index (χ0v) is 61.0.